The molecule has 0 heterocycles. The summed E-state index contributed by atoms with van der Waals surface area (Å²) in [6.45, 7) is 1.44. The van der Waals surface area contributed by atoms with Gasteiger partial charge in [-0.05, 0) is 26.0 Å². The molecule has 1 aromatic rings. The molecule has 0 atom stereocenters. The van der Waals surface area contributed by atoms with Gasteiger partial charge < -0.3 is 10.2 Å². The second kappa shape index (κ2) is 6.13. The predicted octanol–water partition coefficient (Wildman–Crippen LogP) is 2.55. The minimum absolute atomic E-state index is 0.115. The summed E-state index contributed by atoms with van der Waals surface area (Å²) in [7, 11) is 0. The highest BCUT2D eigenvalue weighted by Crippen LogP contribution is 2.24. The molecule has 0 amide bonds. The Hall–Kier alpha value is -1.76. The van der Waals surface area contributed by atoms with Crippen molar-refractivity contribution in [2.75, 3.05) is 13.1 Å². The standard InChI is InChI=1S/C13H16F3NO3/c1-8(2)17(7-13(14,15)16)6-12(20)10-4-3-9(18)5-11(10)19/h3-5,8,18-19H,6-7H2,1-2H3. The number of alkyl halides is 3. The van der Waals surface area contributed by atoms with Crippen molar-refractivity contribution < 1.29 is 28.2 Å². The van der Waals surface area contributed by atoms with E-state index in [0.29, 0.717) is 0 Å². The normalized spacial score (nSPS) is 12.2. The summed E-state index contributed by atoms with van der Waals surface area (Å²) in [4.78, 5) is 12.9. The van der Waals surface area contributed by atoms with Crippen LogP contribution in [0.4, 0.5) is 13.2 Å². The largest absolute Gasteiger partial charge is 0.508 e. The molecule has 112 valence electrons. The molecule has 7 heteroatoms. The van der Waals surface area contributed by atoms with Gasteiger partial charge in [-0.25, -0.2) is 0 Å². The third-order valence-corrected chi connectivity index (χ3v) is 2.74. The molecular formula is C13H16F3NO3. The number of Topliss-reactive ketones (excluding diaryl/α,β-unsaturated/α-hetero) is 1. The number of halogens is 3. The van der Waals surface area contributed by atoms with E-state index in [0.717, 1.165) is 11.0 Å². The van der Waals surface area contributed by atoms with Crippen LogP contribution >= 0.6 is 0 Å². The zero-order valence-corrected chi connectivity index (χ0v) is 11.1. The van der Waals surface area contributed by atoms with Crippen molar-refractivity contribution in [3.05, 3.63) is 23.8 Å². The molecule has 1 aromatic carbocycles. The molecule has 0 spiro atoms. The first kappa shape index (κ1) is 16.3. The fourth-order valence-corrected chi connectivity index (χ4v) is 1.68. The van der Waals surface area contributed by atoms with Gasteiger partial charge in [0.05, 0.1) is 18.7 Å². The maximum atomic E-state index is 12.4. The summed E-state index contributed by atoms with van der Waals surface area (Å²) in [5.74, 6) is -1.32. The number of nitrogens with zero attached hydrogens (tertiary/aromatic N) is 1. The topological polar surface area (TPSA) is 60.8 Å². The summed E-state index contributed by atoms with van der Waals surface area (Å²) >= 11 is 0. The zero-order chi connectivity index (χ0) is 15.5. The van der Waals surface area contributed by atoms with Crippen molar-refractivity contribution in [3.8, 4) is 11.5 Å². The molecule has 0 aliphatic rings. The Morgan fingerprint density at radius 1 is 1.30 bits per heavy atom. The van der Waals surface area contributed by atoms with Crippen LogP contribution in [0.1, 0.15) is 24.2 Å². The van der Waals surface area contributed by atoms with Crippen LogP contribution in [0.2, 0.25) is 0 Å². The zero-order valence-electron chi connectivity index (χ0n) is 11.1. The Balaban J connectivity index is 2.86. The minimum Gasteiger partial charge on any atom is -0.508 e. The summed E-state index contributed by atoms with van der Waals surface area (Å²) < 4.78 is 37.2. The van der Waals surface area contributed by atoms with Crippen LogP contribution in [-0.2, 0) is 0 Å². The number of ketones is 1. The van der Waals surface area contributed by atoms with Crippen LogP contribution in [-0.4, -0.2) is 46.2 Å². The second-order valence-electron chi connectivity index (χ2n) is 4.74. The molecule has 0 radical (unpaired) electrons. The maximum Gasteiger partial charge on any atom is 0.401 e. The number of benzene rings is 1. The van der Waals surface area contributed by atoms with Crippen molar-refractivity contribution in [3.63, 3.8) is 0 Å². The molecule has 4 nitrogen and oxygen atoms in total. The first-order chi connectivity index (χ1) is 9.10. The van der Waals surface area contributed by atoms with Gasteiger partial charge in [0.25, 0.3) is 0 Å². The van der Waals surface area contributed by atoms with Crippen molar-refractivity contribution in [1.29, 1.82) is 0 Å². The molecule has 0 aliphatic carbocycles. The van der Waals surface area contributed by atoms with Gasteiger partial charge in [-0.2, -0.15) is 13.2 Å². The number of carbonyl (C=O) groups excluding carboxylic acids is 1. The Bertz CT molecular complexity index is 486. The van der Waals surface area contributed by atoms with Crippen LogP contribution in [0, 0.1) is 0 Å². The number of hydrogen-bond acceptors (Lipinski definition) is 4. The van der Waals surface area contributed by atoms with E-state index < -0.39 is 36.8 Å². The fraction of sp³-hybridized carbons (Fsp3) is 0.462. The fourth-order valence-electron chi connectivity index (χ4n) is 1.68. The molecule has 0 aromatic heterocycles. The van der Waals surface area contributed by atoms with E-state index in [9.17, 15) is 23.1 Å². The minimum atomic E-state index is -4.40. The molecular weight excluding hydrogens is 275 g/mol. The van der Waals surface area contributed by atoms with Crippen LogP contribution < -0.4 is 0 Å². The van der Waals surface area contributed by atoms with Crippen LogP contribution in [0.5, 0.6) is 11.5 Å². The summed E-state index contributed by atoms with van der Waals surface area (Å²) in [6.07, 6.45) is -4.40. The molecule has 0 fully saturated rings. The van der Waals surface area contributed by atoms with E-state index in [-0.39, 0.29) is 11.3 Å². The van der Waals surface area contributed by atoms with Gasteiger partial charge in [0, 0.05) is 12.1 Å². The number of carbonyl (C=O) groups is 1. The first-order valence-electron chi connectivity index (χ1n) is 5.96. The molecule has 20 heavy (non-hydrogen) atoms. The Labute approximate surface area is 114 Å². The van der Waals surface area contributed by atoms with Crippen molar-refractivity contribution in [2.45, 2.75) is 26.1 Å². The second-order valence-corrected chi connectivity index (χ2v) is 4.74. The quantitative estimate of drug-likeness (QED) is 0.819. The van der Waals surface area contributed by atoms with E-state index in [1.54, 1.807) is 13.8 Å². The predicted molar refractivity (Wildman–Crippen MR) is 66.9 cm³/mol. The van der Waals surface area contributed by atoms with E-state index in [4.69, 9.17) is 5.11 Å². The first-order valence-corrected chi connectivity index (χ1v) is 5.96. The van der Waals surface area contributed by atoms with Gasteiger partial charge in [0.2, 0.25) is 0 Å². The molecule has 0 saturated carbocycles. The molecule has 0 aliphatic heterocycles. The lowest BCUT2D eigenvalue weighted by Crippen LogP contribution is -2.42. The SMILES string of the molecule is CC(C)N(CC(=O)c1ccc(O)cc1O)CC(F)(F)F. The molecule has 0 unspecified atom stereocenters. The average molecular weight is 291 g/mol. The number of aromatic hydroxyl groups is 2. The van der Waals surface area contributed by atoms with E-state index in [1.807, 2.05) is 0 Å². The van der Waals surface area contributed by atoms with Gasteiger partial charge in [0.15, 0.2) is 5.78 Å². The smallest absolute Gasteiger partial charge is 0.401 e. The lowest BCUT2D eigenvalue weighted by molar-refractivity contribution is -0.148. The van der Waals surface area contributed by atoms with Crippen molar-refractivity contribution in [2.24, 2.45) is 0 Å². The van der Waals surface area contributed by atoms with Crippen molar-refractivity contribution >= 4 is 5.78 Å². The maximum absolute atomic E-state index is 12.4. The highest BCUT2D eigenvalue weighted by molar-refractivity contribution is 6.00. The average Bonchev–Trinajstić information content (AvgIpc) is 2.25. The van der Waals surface area contributed by atoms with Gasteiger partial charge in [-0.3, -0.25) is 9.69 Å². The third kappa shape index (κ3) is 4.73. The molecule has 0 saturated heterocycles. The molecule has 1 rings (SSSR count). The third-order valence-electron chi connectivity index (χ3n) is 2.74. The van der Waals surface area contributed by atoms with Gasteiger partial charge in [0.1, 0.15) is 11.5 Å². The number of rotatable bonds is 5. The molecule has 2 N–H and O–H groups in total. The van der Waals surface area contributed by atoms with E-state index in [2.05, 4.69) is 0 Å². The van der Waals surface area contributed by atoms with Crippen LogP contribution in [0.3, 0.4) is 0 Å². The molecule has 0 bridgehead atoms. The highest BCUT2D eigenvalue weighted by atomic mass is 19.4. The summed E-state index contributed by atoms with van der Waals surface area (Å²) in [6, 6.07) is 2.87. The van der Waals surface area contributed by atoms with Crippen LogP contribution in [0.25, 0.3) is 0 Å². The number of hydrogen-bond donors (Lipinski definition) is 2. The van der Waals surface area contributed by atoms with Gasteiger partial charge in [-0.15, -0.1) is 0 Å². The lowest BCUT2D eigenvalue weighted by atomic mass is 10.1. The van der Waals surface area contributed by atoms with E-state index >= 15 is 0 Å². The summed E-state index contributed by atoms with van der Waals surface area (Å²) in [5, 5.41) is 18.6. The highest BCUT2D eigenvalue weighted by Gasteiger charge is 2.32. The number of phenols is 2. The van der Waals surface area contributed by atoms with Gasteiger partial charge in [-0.1, -0.05) is 0 Å². The summed E-state index contributed by atoms with van der Waals surface area (Å²) in [5.41, 5.74) is -0.115. The van der Waals surface area contributed by atoms with Gasteiger partial charge >= 0.3 is 6.18 Å². The Morgan fingerprint density at radius 2 is 1.90 bits per heavy atom. The monoisotopic (exact) mass is 291 g/mol. The lowest BCUT2D eigenvalue weighted by Gasteiger charge is -2.26. The Morgan fingerprint density at radius 3 is 2.35 bits per heavy atom. The van der Waals surface area contributed by atoms with Crippen LogP contribution in [0.15, 0.2) is 18.2 Å². The number of phenolic OH excluding ortho intramolecular Hbond substituents is 2. The van der Waals surface area contributed by atoms with E-state index in [1.165, 1.54) is 12.1 Å². The Kier molecular flexibility index (Phi) is 4.99. The van der Waals surface area contributed by atoms with Crippen molar-refractivity contribution in [1.82, 2.24) is 4.90 Å².